The van der Waals surface area contributed by atoms with Gasteiger partial charge in [-0.15, -0.1) is 0 Å². The highest BCUT2D eigenvalue weighted by Crippen LogP contribution is 2.20. The van der Waals surface area contributed by atoms with Crippen molar-refractivity contribution in [1.82, 2.24) is 10.3 Å². The molecule has 3 nitrogen and oxygen atoms in total. The van der Waals surface area contributed by atoms with Gasteiger partial charge in [0.25, 0.3) is 0 Å². The molecule has 2 rings (SSSR count). The number of benzene rings is 1. The maximum atomic E-state index is 5.40. The van der Waals surface area contributed by atoms with Gasteiger partial charge in [0, 0.05) is 6.20 Å². The van der Waals surface area contributed by atoms with E-state index in [-0.39, 0.29) is 6.04 Å². The monoisotopic (exact) mass is 299 g/mol. The number of nitrogens with one attached hydrogen (secondary N) is 2. The molecule has 1 heterocycles. The van der Waals surface area contributed by atoms with Crippen LogP contribution in [0.1, 0.15) is 36.1 Å². The Morgan fingerprint density at radius 1 is 1.24 bits per heavy atom. The van der Waals surface area contributed by atoms with Gasteiger partial charge in [-0.2, -0.15) is 0 Å². The van der Waals surface area contributed by atoms with E-state index in [2.05, 4.69) is 53.7 Å². The quantitative estimate of drug-likeness (QED) is 0.832. The minimum Gasteiger partial charge on any atom is -0.356 e. The first-order valence-electron chi connectivity index (χ1n) is 7.16. The summed E-state index contributed by atoms with van der Waals surface area (Å²) in [6.07, 6.45) is 2.74. The van der Waals surface area contributed by atoms with Crippen LogP contribution in [0.4, 0.5) is 5.82 Å². The summed E-state index contributed by atoms with van der Waals surface area (Å²) in [4.78, 5) is 4.26. The maximum Gasteiger partial charge on any atom is 0.172 e. The van der Waals surface area contributed by atoms with Crippen LogP contribution in [0.2, 0.25) is 0 Å². The van der Waals surface area contributed by atoms with Crippen LogP contribution in [-0.2, 0) is 0 Å². The summed E-state index contributed by atoms with van der Waals surface area (Å²) in [5.41, 5.74) is 3.70. The van der Waals surface area contributed by atoms with Crippen molar-refractivity contribution in [1.29, 1.82) is 0 Å². The molecule has 0 amide bonds. The second kappa shape index (κ2) is 7.18. The Kier molecular flexibility index (Phi) is 5.28. The van der Waals surface area contributed by atoms with Gasteiger partial charge in [0.2, 0.25) is 0 Å². The predicted octanol–water partition coefficient (Wildman–Crippen LogP) is 4.14. The summed E-state index contributed by atoms with van der Waals surface area (Å²) in [7, 11) is 0. The molecule has 0 aliphatic heterocycles. The molecule has 2 N–H and O–H groups in total. The van der Waals surface area contributed by atoms with Crippen molar-refractivity contribution in [3.8, 4) is 0 Å². The highest BCUT2D eigenvalue weighted by molar-refractivity contribution is 7.80. The lowest BCUT2D eigenvalue weighted by molar-refractivity contribution is 0.625. The molecule has 4 heteroatoms. The fourth-order valence-corrected chi connectivity index (χ4v) is 2.54. The molecule has 21 heavy (non-hydrogen) atoms. The van der Waals surface area contributed by atoms with Crippen LogP contribution in [0.25, 0.3) is 0 Å². The molecule has 1 aromatic carbocycles. The lowest BCUT2D eigenvalue weighted by atomic mass is 10.00. The molecule has 0 radical (unpaired) electrons. The number of rotatable bonds is 4. The standard InChI is InChI=1S/C17H21N3S/c1-4-15(14-8-6-5-7-13(14)3)19-17(21)20-16-11-12(2)9-10-18-16/h5-11,15H,4H2,1-3H3,(H2,18,19,20,21)/t15-/m1/s1. The van der Waals surface area contributed by atoms with Crippen molar-refractivity contribution in [2.75, 3.05) is 5.32 Å². The van der Waals surface area contributed by atoms with E-state index >= 15 is 0 Å². The van der Waals surface area contributed by atoms with Crippen LogP contribution in [0.15, 0.2) is 42.6 Å². The van der Waals surface area contributed by atoms with Crippen LogP contribution < -0.4 is 10.6 Å². The molecule has 0 saturated heterocycles. The van der Waals surface area contributed by atoms with E-state index in [1.165, 1.54) is 11.1 Å². The Morgan fingerprint density at radius 3 is 2.67 bits per heavy atom. The fraction of sp³-hybridized carbons (Fsp3) is 0.294. The first-order valence-corrected chi connectivity index (χ1v) is 7.56. The van der Waals surface area contributed by atoms with Crippen LogP contribution in [0.3, 0.4) is 0 Å². The number of nitrogens with zero attached hydrogens (tertiary/aromatic N) is 1. The van der Waals surface area contributed by atoms with Gasteiger partial charge in [-0.1, -0.05) is 31.2 Å². The lowest BCUT2D eigenvalue weighted by Gasteiger charge is -2.21. The van der Waals surface area contributed by atoms with E-state index in [9.17, 15) is 0 Å². The van der Waals surface area contributed by atoms with Crippen LogP contribution in [0.5, 0.6) is 0 Å². The SMILES string of the molecule is CC[C@@H](NC(=S)Nc1cc(C)ccn1)c1ccccc1C. The third-order valence-electron chi connectivity index (χ3n) is 3.43. The van der Waals surface area contributed by atoms with E-state index in [0.29, 0.717) is 5.11 Å². The van der Waals surface area contributed by atoms with Crippen LogP contribution in [-0.4, -0.2) is 10.1 Å². The molecule has 2 aromatic rings. The maximum absolute atomic E-state index is 5.40. The summed E-state index contributed by atoms with van der Waals surface area (Å²) >= 11 is 5.40. The van der Waals surface area contributed by atoms with Gasteiger partial charge in [0.15, 0.2) is 5.11 Å². The molecule has 0 spiro atoms. The van der Waals surface area contributed by atoms with E-state index in [4.69, 9.17) is 12.2 Å². The van der Waals surface area contributed by atoms with E-state index < -0.39 is 0 Å². The third kappa shape index (κ3) is 4.26. The van der Waals surface area contributed by atoms with Gasteiger partial charge in [-0.05, 0) is 61.3 Å². The number of aromatic nitrogens is 1. The van der Waals surface area contributed by atoms with E-state index in [0.717, 1.165) is 17.8 Å². The van der Waals surface area contributed by atoms with Crippen molar-refractivity contribution in [3.63, 3.8) is 0 Å². The molecule has 0 fully saturated rings. The molecule has 1 aromatic heterocycles. The Morgan fingerprint density at radius 2 is 2.00 bits per heavy atom. The Labute approximate surface area is 131 Å². The number of hydrogen-bond acceptors (Lipinski definition) is 2. The normalized spacial score (nSPS) is 11.8. The Balaban J connectivity index is 2.05. The second-order valence-electron chi connectivity index (χ2n) is 5.13. The highest BCUT2D eigenvalue weighted by Gasteiger charge is 2.12. The van der Waals surface area contributed by atoms with Gasteiger partial charge >= 0.3 is 0 Å². The third-order valence-corrected chi connectivity index (χ3v) is 3.65. The smallest absolute Gasteiger partial charge is 0.172 e. The summed E-state index contributed by atoms with van der Waals surface area (Å²) in [6.45, 7) is 6.31. The zero-order chi connectivity index (χ0) is 15.2. The molecule has 110 valence electrons. The molecule has 1 atom stereocenters. The Bertz CT molecular complexity index is 625. The van der Waals surface area contributed by atoms with Crippen LogP contribution >= 0.6 is 12.2 Å². The topological polar surface area (TPSA) is 37.0 Å². The van der Waals surface area contributed by atoms with E-state index in [1.54, 1.807) is 6.20 Å². The largest absolute Gasteiger partial charge is 0.356 e. The average molecular weight is 299 g/mol. The Hall–Kier alpha value is -1.94. The van der Waals surface area contributed by atoms with Crippen molar-refractivity contribution in [2.24, 2.45) is 0 Å². The zero-order valence-corrected chi connectivity index (χ0v) is 13.5. The molecule has 0 saturated carbocycles. The van der Waals surface area contributed by atoms with E-state index in [1.807, 2.05) is 19.1 Å². The average Bonchev–Trinajstić information content (AvgIpc) is 2.45. The number of aryl methyl sites for hydroxylation is 2. The predicted molar refractivity (Wildman–Crippen MR) is 92.5 cm³/mol. The van der Waals surface area contributed by atoms with Crippen LogP contribution in [0, 0.1) is 13.8 Å². The molecule has 0 aliphatic carbocycles. The summed E-state index contributed by atoms with van der Waals surface area (Å²) in [5.74, 6) is 0.770. The van der Waals surface area contributed by atoms with Crippen molar-refractivity contribution in [3.05, 3.63) is 59.3 Å². The molecule has 0 aliphatic rings. The zero-order valence-electron chi connectivity index (χ0n) is 12.7. The molecular formula is C17H21N3S. The summed E-state index contributed by atoms with van der Waals surface area (Å²) in [6, 6.07) is 12.5. The highest BCUT2D eigenvalue weighted by atomic mass is 32.1. The van der Waals surface area contributed by atoms with Gasteiger partial charge in [-0.3, -0.25) is 0 Å². The number of anilines is 1. The number of thiocarbonyl (C=S) groups is 1. The van der Waals surface area contributed by atoms with Gasteiger partial charge in [0.05, 0.1) is 6.04 Å². The molecular weight excluding hydrogens is 278 g/mol. The van der Waals surface area contributed by atoms with Crippen molar-refractivity contribution >= 4 is 23.1 Å². The number of pyridine rings is 1. The first-order chi connectivity index (χ1) is 10.1. The lowest BCUT2D eigenvalue weighted by Crippen LogP contribution is -2.32. The van der Waals surface area contributed by atoms with Crippen molar-refractivity contribution in [2.45, 2.75) is 33.2 Å². The van der Waals surface area contributed by atoms with Gasteiger partial charge in [0.1, 0.15) is 5.82 Å². The molecule has 0 unspecified atom stereocenters. The van der Waals surface area contributed by atoms with Crippen molar-refractivity contribution < 1.29 is 0 Å². The van der Waals surface area contributed by atoms with Gasteiger partial charge < -0.3 is 10.6 Å². The summed E-state index contributed by atoms with van der Waals surface area (Å²) in [5, 5.41) is 7.12. The second-order valence-corrected chi connectivity index (χ2v) is 5.54. The minimum atomic E-state index is 0.205. The fourth-order valence-electron chi connectivity index (χ4n) is 2.29. The number of hydrogen-bond donors (Lipinski definition) is 2. The summed E-state index contributed by atoms with van der Waals surface area (Å²) < 4.78 is 0. The minimum absolute atomic E-state index is 0.205. The van der Waals surface area contributed by atoms with Gasteiger partial charge in [-0.25, -0.2) is 4.98 Å². The first kappa shape index (κ1) is 15.4. The molecule has 0 bridgehead atoms.